The van der Waals surface area contributed by atoms with E-state index in [9.17, 15) is 4.79 Å². The van der Waals surface area contributed by atoms with E-state index >= 15 is 0 Å². The van der Waals surface area contributed by atoms with E-state index in [0.29, 0.717) is 22.8 Å². The molecule has 1 unspecified atom stereocenters. The molecule has 0 saturated heterocycles. The van der Waals surface area contributed by atoms with E-state index in [1.54, 1.807) is 49.8 Å². The van der Waals surface area contributed by atoms with Gasteiger partial charge in [0.15, 0.2) is 6.10 Å². The lowest BCUT2D eigenvalue weighted by Gasteiger charge is -2.24. The van der Waals surface area contributed by atoms with Gasteiger partial charge in [-0.1, -0.05) is 0 Å². The lowest BCUT2D eigenvalue weighted by Crippen LogP contribution is -2.37. The van der Waals surface area contributed by atoms with Gasteiger partial charge in [0.05, 0.1) is 18.9 Å². The van der Waals surface area contributed by atoms with Crippen LogP contribution in [-0.2, 0) is 0 Å². The van der Waals surface area contributed by atoms with Gasteiger partial charge < -0.3 is 14.2 Å². The van der Waals surface area contributed by atoms with E-state index in [1.807, 2.05) is 0 Å². The van der Waals surface area contributed by atoms with Crippen LogP contribution in [-0.4, -0.2) is 30.6 Å². The predicted molar refractivity (Wildman–Crippen MR) is 71.5 cm³/mol. The summed E-state index contributed by atoms with van der Waals surface area (Å²) in [6.07, 6.45) is 2.54. The SMILES string of the molecule is COc1ccc2c(c1)C(=O)C(Oc1cccnc1)CO2. The minimum Gasteiger partial charge on any atom is -0.497 e. The highest BCUT2D eigenvalue weighted by Gasteiger charge is 2.31. The van der Waals surface area contributed by atoms with Crippen LogP contribution in [0.5, 0.6) is 17.2 Å². The van der Waals surface area contributed by atoms with Crippen LogP contribution < -0.4 is 14.2 Å². The molecule has 0 spiro atoms. The Kier molecular flexibility index (Phi) is 3.25. The van der Waals surface area contributed by atoms with Gasteiger partial charge in [-0.2, -0.15) is 0 Å². The van der Waals surface area contributed by atoms with Crippen molar-refractivity contribution in [1.82, 2.24) is 4.98 Å². The van der Waals surface area contributed by atoms with Gasteiger partial charge in [0.2, 0.25) is 5.78 Å². The molecule has 0 aliphatic carbocycles. The van der Waals surface area contributed by atoms with Crippen LogP contribution in [0.2, 0.25) is 0 Å². The number of nitrogens with zero attached hydrogens (tertiary/aromatic N) is 1. The van der Waals surface area contributed by atoms with Crippen molar-refractivity contribution in [3.63, 3.8) is 0 Å². The number of hydrogen-bond donors (Lipinski definition) is 0. The normalized spacial score (nSPS) is 17.1. The maximum absolute atomic E-state index is 12.4. The van der Waals surface area contributed by atoms with Crippen molar-refractivity contribution in [3.8, 4) is 17.2 Å². The predicted octanol–water partition coefficient (Wildman–Crippen LogP) is 2.11. The van der Waals surface area contributed by atoms with Crippen LogP contribution in [0.25, 0.3) is 0 Å². The number of aromatic nitrogens is 1. The summed E-state index contributed by atoms with van der Waals surface area (Å²) in [4.78, 5) is 16.4. The second kappa shape index (κ2) is 5.21. The Labute approximate surface area is 116 Å². The zero-order valence-electron chi connectivity index (χ0n) is 10.9. The van der Waals surface area contributed by atoms with E-state index in [-0.39, 0.29) is 12.4 Å². The zero-order valence-corrected chi connectivity index (χ0v) is 10.9. The highest BCUT2D eigenvalue weighted by molar-refractivity contribution is 6.03. The first-order chi connectivity index (χ1) is 9.78. The average Bonchev–Trinajstić information content (AvgIpc) is 2.51. The molecule has 0 fully saturated rings. The molecule has 3 rings (SSSR count). The molecular weight excluding hydrogens is 258 g/mol. The lowest BCUT2D eigenvalue weighted by atomic mass is 10.0. The zero-order chi connectivity index (χ0) is 13.9. The smallest absolute Gasteiger partial charge is 0.210 e. The number of rotatable bonds is 3. The number of carbonyl (C=O) groups excluding carboxylic acids is 1. The van der Waals surface area contributed by atoms with Crippen molar-refractivity contribution in [2.75, 3.05) is 13.7 Å². The molecule has 5 nitrogen and oxygen atoms in total. The minimum atomic E-state index is -0.668. The van der Waals surface area contributed by atoms with Gasteiger partial charge in [-0.3, -0.25) is 9.78 Å². The Bertz CT molecular complexity index is 627. The number of ketones is 1. The Morgan fingerprint density at radius 2 is 2.20 bits per heavy atom. The molecular formula is C15H13NO4. The first-order valence-corrected chi connectivity index (χ1v) is 6.19. The molecule has 0 bridgehead atoms. The summed E-state index contributed by atoms with van der Waals surface area (Å²) >= 11 is 0. The number of pyridine rings is 1. The summed E-state index contributed by atoms with van der Waals surface area (Å²) in [5.74, 6) is 1.60. The monoisotopic (exact) mass is 271 g/mol. The molecule has 0 saturated carbocycles. The van der Waals surface area contributed by atoms with Crippen molar-refractivity contribution >= 4 is 5.78 Å². The molecule has 2 heterocycles. The average molecular weight is 271 g/mol. The third-order valence-electron chi connectivity index (χ3n) is 3.05. The van der Waals surface area contributed by atoms with Gasteiger partial charge in [-0.15, -0.1) is 0 Å². The van der Waals surface area contributed by atoms with Crippen LogP contribution in [0.4, 0.5) is 0 Å². The molecule has 20 heavy (non-hydrogen) atoms. The van der Waals surface area contributed by atoms with E-state index in [0.717, 1.165) is 0 Å². The number of fused-ring (bicyclic) bond motifs is 1. The molecule has 0 amide bonds. The maximum Gasteiger partial charge on any atom is 0.210 e. The summed E-state index contributed by atoms with van der Waals surface area (Å²) in [5, 5.41) is 0. The summed E-state index contributed by atoms with van der Waals surface area (Å²) in [6.45, 7) is 0.188. The maximum atomic E-state index is 12.4. The Morgan fingerprint density at radius 1 is 1.30 bits per heavy atom. The standard InChI is InChI=1S/C15H13NO4/c1-18-10-4-5-13-12(7-10)15(17)14(9-19-13)20-11-3-2-6-16-8-11/h2-8,14H,9H2,1H3. The third kappa shape index (κ3) is 2.30. The molecule has 2 aromatic rings. The van der Waals surface area contributed by atoms with Gasteiger partial charge in [0.1, 0.15) is 23.9 Å². The molecule has 1 atom stereocenters. The van der Waals surface area contributed by atoms with Crippen molar-refractivity contribution in [1.29, 1.82) is 0 Å². The van der Waals surface area contributed by atoms with Crippen LogP contribution in [0.1, 0.15) is 10.4 Å². The van der Waals surface area contributed by atoms with Crippen molar-refractivity contribution < 1.29 is 19.0 Å². The molecule has 1 aromatic carbocycles. The number of hydrogen-bond acceptors (Lipinski definition) is 5. The van der Waals surface area contributed by atoms with Gasteiger partial charge >= 0.3 is 0 Å². The summed E-state index contributed by atoms with van der Waals surface area (Å²) < 4.78 is 16.3. The van der Waals surface area contributed by atoms with Gasteiger partial charge in [0, 0.05) is 6.20 Å². The number of methoxy groups -OCH3 is 1. The molecule has 1 aliphatic rings. The molecule has 5 heteroatoms. The highest BCUT2D eigenvalue weighted by atomic mass is 16.5. The largest absolute Gasteiger partial charge is 0.497 e. The van der Waals surface area contributed by atoms with Crippen molar-refractivity contribution in [2.24, 2.45) is 0 Å². The van der Waals surface area contributed by atoms with E-state index in [1.165, 1.54) is 0 Å². The summed E-state index contributed by atoms with van der Waals surface area (Å²) in [6, 6.07) is 8.65. The second-order valence-corrected chi connectivity index (χ2v) is 4.33. The lowest BCUT2D eigenvalue weighted by molar-refractivity contribution is 0.0627. The molecule has 0 radical (unpaired) electrons. The van der Waals surface area contributed by atoms with Crippen LogP contribution in [0.15, 0.2) is 42.7 Å². The van der Waals surface area contributed by atoms with E-state index in [2.05, 4.69) is 4.98 Å². The molecule has 1 aliphatic heterocycles. The van der Waals surface area contributed by atoms with Gasteiger partial charge in [-0.05, 0) is 30.3 Å². The van der Waals surface area contributed by atoms with Crippen LogP contribution in [0, 0.1) is 0 Å². The highest BCUT2D eigenvalue weighted by Crippen LogP contribution is 2.29. The number of benzene rings is 1. The second-order valence-electron chi connectivity index (χ2n) is 4.33. The summed E-state index contributed by atoms with van der Waals surface area (Å²) in [7, 11) is 1.56. The number of carbonyl (C=O) groups is 1. The third-order valence-corrected chi connectivity index (χ3v) is 3.05. The fourth-order valence-electron chi connectivity index (χ4n) is 2.04. The molecule has 102 valence electrons. The number of ether oxygens (including phenoxy) is 3. The van der Waals surface area contributed by atoms with Crippen molar-refractivity contribution in [3.05, 3.63) is 48.3 Å². The Balaban J connectivity index is 1.85. The van der Waals surface area contributed by atoms with Gasteiger partial charge in [0.25, 0.3) is 0 Å². The quantitative estimate of drug-likeness (QED) is 0.855. The van der Waals surface area contributed by atoms with Crippen LogP contribution >= 0.6 is 0 Å². The Morgan fingerprint density at radius 3 is 2.95 bits per heavy atom. The number of Topliss-reactive ketones (excluding diaryl/α,β-unsaturated/α-hetero) is 1. The Hall–Kier alpha value is -2.56. The summed E-state index contributed by atoms with van der Waals surface area (Å²) in [5.41, 5.74) is 0.476. The molecule has 1 aromatic heterocycles. The molecule has 0 N–H and O–H groups in total. The topological polar surface area (TPSA) is 57.7 Å². The van der Waals surface area contributed by atoms with E-state index < -0.39 is 6.10 Å². The first-order valence-electron chi connectivity index (χ1n) is 6.19. The van der Waals surface area contributed by atoms with Crippen LogP contribution in [0.3, 0.4) is 0 Å². The first kappa shape index (κ1) is 12.5. The van der Waals surface area contributed by atoms with Gasteiger partial charge in [-0.25, -0.2) is 0 Å². The fourth-order valence-corrected chi connectivity index (χ4v) is 2.04. The fraction of sp³-hybridized carbons (Fsp3) is 0.200. The van der Waals surface area contributed by atoms with E-state index in [4.69, 9.17) is 14.2 Å². The minimum absolute atomic E-state index is 0.117. The van der Waals surface area contributed by atoms with Crippen molar-refractivity contribution in [2.45, 2.75) is 6.10 Å².